The van der Waals surface area contributed by atoms with Crippen LogP contribution in [0.5, 0.6) is 5.75 Å². The summed E-state index contributed by atoms with van der Waals surface area (Å²) in [6.45, 7) is 6.14. The zero-order valence-corrected chi connectivity index (χ0v) is 17.6. The van der Waals surface area contributed by atoms with Crippen molar-refractivity contribution in [3.8, 4) is 5.75 Å². The summed E-state index contributed by atoms with van der Waals surface area (Å²) in [6, 6.07) is 8.46. The molecular formula is C23H33N3O3. The molecule has 158 valence electrons. The zero-order valence-electron chi connectivity index (χ0n) is 17.6. The number of carbonyl (C=O) groups is 2. The van der Waals surface area contributed by atoms with Crippen LogP contribution in [0, 0.1) is 0 Å². The zero-order chi connectivity index (χ0) is 20.4. The maximum absolute atomic E-state index is 13.1. The number of nitrogens with zero attached hydrogens (tertiary/aromatic N) is 2. The van der Waals surface area contributed by atoms with Crippen molar-refractivity contribution >= 4 is 11.8 Å². The Labute approximate surface area is 173 Å². The van der Waals surface area contributed by atoms with Gasteiger partial charge in [-0.15, -0.1) is 0 Å². The lowest BCUT2D eigenvalue weighted by Gasteiger charge is -2.38. The van der Waals surface area contributed by atoms with Crippen LogP contribution < -0.4 is 10.1 Å². The molecule has 3 heterocycles. The van der Waals surface area contributed by atoms with Crippen LogP contribution in [0.1, 0.15) is 62.7 Å². The highest BCUT2D eigenvalue weighted by Gasteiger charge is 2.38. The van der Waals surface area contributed by atoms with Gasteiger partial charge < -0.3 is 19.9 Å². The molecule has 3 aliphatic heterocycles. The third kappa shape index (κ3) is 4.27. The van der Waals surface area contributed by atoms with E-state index in [0.717, 1.165) is 45.2 Å². The highest BCUT2D eigenvalue weighted by Crippen LogP contribution is 2.30. The van der Waals surface area contributed by atoms with Gasteiger partial charge in [0.25, 0.3) is 11.8 Å². The van der Waals surface area contributed by atoms with Crippen LogP contribution in [0.2, 0.25) is 0 Å². The van der Waals surface area contributed by atoms with E-state index in [0.29, 0.717) is 23.4 Å². The molecule has 3 aliphatic rings. The molecule has 6 heteroatoms. The third-order valence-electron chi connectivity index (χ3n) is 6.83. The topological polar surface area (TPSA) is 61.9 Å². The summed E-state index contributed by atoms with van der Waals surface area (Å²) < 4.78 is 5.75. The van der Waals surface area contributed by atoms with Crippen molar-refractivity contribution in [2.45, 2.75) is 76.5 Å². The summed E-state index contributed by atoms with van der Waals surface area (Å²) in [6.07, 6.45) is 6.51. The normalized spacial score (nSPS) is 29.4. The van der Waals surface area contributed by atoms with E-state index in [9.17, 15) is 9.59 Å². The van der Waals surface area contributed by atoms with Gasteiger partial charge in [-0.3, -0.25) is 9.59 Å². The molecule has 4 atom stereocenters. The van der Waals surface area contributed by atoms with Gasteiger partial charge in [0.15, 0.2) is 6.61 Å². The van der Waals surface area contributed by atoms with Crippen LogP contribution >= 0.6 is 0 Å². The van der Waals surface area contributed by atoms with E-state index in [2.05, 4.69) is 24.1 Å². The molecule has 1 aromatic carbocycles. The van der Waals surface area contributed by atoms with Crippen LogP contribution in [0.15, 0.2) is 24.3 Å². The van der Waals surface area contributed by atoms with Crippen molar-refractivity contribution in [3.05, 3.63) is 29.8 Å². The van der Waals surface area contributed by atoms with Crippen molar-refractivity contribution in [1.29, 1.82) is 0 Å². The van der Waals surface area contributed by atoms with Crippen LogP contribution in [0.4, 0.5) is 0 Å². The second kappa shape index (κ2) is 8.74. The Bertz CT molecular complexity index is 711. The van der Waals surface area contributed by atoms with Crippen LogP contribution in [0.3, 0.4) is 0 Å². The Hall–Kier alpha value is -2.08. The van der Waals surface area contributed by atoms with Crippen LogP contribution in [0.25, 0.3) is 0 Å². The molecule has 3 fully saturated rings. The van der Waals surface area contributed by atoms with Crippen molar-refractivity contribution in [2.75, 3.05) is 19.7 Å². The molecule has 6 nitrogen and oxygen atoms in total. The Morgan fingerprint density at radius 1 is 0.966 bits per heavy atom. The molecule has 0 aliphatic carbocycles. The molecule has 0 spiro atoms. The van der Waals surface area contributed by atoms with Gasteiger partial charge in [0.1, 0.15) is 5.75 Å². The van der Waals surface area contributed by atoms with Gasteiger partial charge in [0.05, 0.1) is 0 Å². The average Bonchev–Trinajstić information content (AvgIpc) is 2.98. The number of fused-ring (bicyclic) bond motifs is 2. The minimum atomic E-state index is 0.0403. The number of amides is 2. The number of hydrogen-bond donors (Lipinski definition) is 1. The molecule has 0 radical (unpaired) electrons. The lowest BCUT2D eigenvalue weighted by atomic mass is 9.97. The Morgan fingerprint density at radius 3 is 2.38 bits per heavy atom. The van der Waals surface area contributed by atoms with Gasteiger partial charge in [0.2, 0.25) is 0 Å². The number of likely N-dealkylation sites (tertiary alicyclic amines) is 1. The first-order valence-electron chi connectivity index (χ1n) is 11.1. The monoisotopic (exact) mass is 399 g/mol. The average molecular weight is 400 g/mol. The number of rotatable bonds is 4. The first-order valence-corrected chi connectivity index (χ1v) is 11.1. The van der Waals surface area contributed by atoms with E-state index in [-0.39, 0.29) is 30.5 Å². The van der Waals surface area contributed by atoms with E-state index in [1.165, 1.54) is 6.42 Å². The predicted molar refractivity (Wildman–Crippen MR) is 112 cm³/mol. The summed E-state index contributed by atoms with van der Waals surface area (Å²) in [5.74, 6) is 0.783. The largest absolute Gasteiger partial charge is 0.484 e. The Morgan fingerprint density at radius 2 is 1.66 bits per heavy atom. The number of hydrogen-bond acceptors (Lipinski definition) is 4. The highest BCUT2D eigenvalue weighted by molar-refractivity contribution is 5.95. The first-order chi connectivity index (χ1) is 14.0. The second-order valence-electron chi connectivity index (χ2n) is 8.83. The lowest BCUT2D eigenvalue weighted by molar-refractivity contribution is -0.139. The molecular weight excluding hydrogens is 366 g/mol. The summed E-state index contributed by atoms with van der Waals surface area (Å²) in [5.41, 5.74) is 0.695. The molecule has 0 aromatic heterocycles. The fourth-order valence-corrected chi connectivity index (χ4v) is 5.29. The van der Waals surface area contributed by atoms with Gasteiger partial charge in [0, 0.05) is 36.3 Å². The fourth-order valence-electron chi connectivity index (χ4n) is 5.29. The van der Waals surface area contributed by atoms with E-state index < -0.39 is 0 Å². The van der Waals surface area contributed by atoms with E-state index in [4.69, 9.17) is 4.74 Å². The van der Waals surface area contributed by atoms with Crippen molar-refractivity contribution in [3.63, 3.8) is 0 Å². The Balaban J connectivity index is 1.35. The summed E-state index contributed by atoms with van der Waals surface area (Å²) in [4.78, 5) is 29.7. The number of piperidine rings is 1. The maximum Gasteiger partial charge on any atom is 0.260 e. The first kappa shape index (κ1) is 20.2. The summed E-state index contributed by atoms with van der Waals surface area (Å²) in [5, 5.41) is 3.43. The molecule has 4 rings (SSSR count). The smallest absolute Gasteiger partial charge is 0.260 e. The number of carbonyl (C=O) groups excluding carboxylic acids is 2. The minimum absolute atomic E-state index is 0.0403. The van der Waals surface area contributed by atoms with Gasteiger partial charge in [-0.05, 0) is 83.2 Å². The van der Waals surface area contributed by atoms with Gasteiger partial charge >= 0.3 is 0 Å². The highest BCUT2D eigenvalue weighted by atomic mass is 16.5. The Kier molecular flexibility index (Phi) is 6.09. The number of ether oxygens (including phenoxy) is 1. The van der Waals surface area contributed by atoms with Gasteiger partial charge in [-0.2, -0.15) is 0 Å². The van der Waals surface area contributed by atoms with Crippen molar-refractivity contribution in [2.24, 2.45) is 0 Å². The molecule has 2 bridgehead atoms. The van der Waals surface area contributed by atoms with E-state index >= 15 is 0 Å². The van der Waals surface area contributed by atoms with Crippen molar-refractivity contribution < 1.29 is 14.3 Å². The molecule has 0 saturated carbocycles. The molecule has 29 heavy (non-hydrogen) atoms. The predicted octanol–water partition coefficient (Wildman–Crippen LogP) is 2.82. The quantitative estimate of drug-likeness (QED) is 0.846. The second-order valence-corrected chi connectivity index (χ2v) is 8.83. The number of nitrogens with one attached hydrogen (secondary N) is 1. The molecule has 4 unspecified atom stereocenters. The van der Waals surface area contributed by atoms with Crippen LogP contribution in [-0.2, 0) is 4.79 Å². The molecule has 3 saturated heterocycles. The van der Waals surface area contributed by atoms with E-state index in [1.807, 2.05) is 29.2 Å². The molecule has 1 N–H and O–H groups in total. The lowest BCUT2D eigenvalue weighted by Crippen LogP contribution is -2.49. The molecule has 2 amide bonds. The van der Waals surface area contributed by atoms with Crippen LogP contribution in [-0.4, -0.2) is 65.5 Å². The maximum atomic E-state index is 13.1. The summed E-state index contributed by atoms with van der Waals surface area (Å²) >= 11 is 0. The van der Waals surface area contributed by atoms with E-state index in [1.54, 1.807) is 0 Å². The fraction of sp³-hybridized carbons (Fsp3) is 0.652. The van der Waals surface area contributed by atoms with Gasteiger partial charge in [-0.25, -0.2) is 0 Å². The standard InChI is InChI=1S/C23H33N3O3/c1-16-4-3-5-17(2)25(16)22(27)15-29-21-10-6-18(7-11-21)23(28)26-19-8-9-20(26)14-24-13-12-19/h6-7,10-11,16-17,19-20,24H,3-5,8-9,12-15H2,1-2H3. The third-order valence-corrected chi connectivity index (χ3v) is 6.83. The summed E-state index contributed by atoms with van der Waals surface area (Å²) in [7, 11) is 0. The van der Waals surface area contributed by atoms with Gasteiger partial charge in [-0.1, -0.05) is 0 Å². The number of benzene rings is 1. The molecule has 1 aromatic rings. The van der Waals surface area contributed by atoms with Crippen molar-refractivity contribution in [1.82, 2.24) is 15.1 Å². The minimum Gasteiger partial charge on any atom is -0.484 e. The SMILES string of the molecule is CC1CCCC(C)N1C(=O)COc1ccc(C(=O)N2C3CCNCC2CC3)cc1.